The van der Waals surface area contributed by atoms with Crippen molar-refractivity contribution in [3.63, 3.8) is 0 Å². The molecule has 0 bridgehead atoms. The first kappa shape index (κ1) is 105. The number of ether oxygens (including phenoxy) is 1. The molecule has 0 saturated heterocycles. The number of benzene rings is 7. The van der Waals surface area contributed by atoms with E-state index in [4.69, 9.17) is 4.74 Å². The Morgan fingerprint density at radius 1 is 0.342 bits per heavy atom. The molecule has 1 fully saturated rings. The Bertz CT molecular complexity index is 3580. The van der Waals surface area contributed by atoms with Crippen LogP contribution in [0.2, 0.25) is 0 Å². The van der Waals surface area contributed by atoms with Crippen molar-refractivity contribution in [3.05, 3.63) is 237 Å². The summed E-state index contributed by atoms with van der Waals surface area (Å²) in [6.07, 6.45) is 17.0. The SMILES string of the molecule is C.C=S1(=O)Cc2ccccc2CN1.CC(C)(C)C.CC(C)(C)C.CC(C)(C)C.CC(C)(C)C.CC(C)(C)C.CC(C)(C)C.CC(C)(C)C.O=C1CCc2ccccc2N1.O=C1Cc2ccccc2CN1.c1ccc2c(c1)CCCC2.c1ccc2c(c1)CCCC21CC1.c1ccc2c(c1)CCCNC2.c1ccc2c(c1)CNCCO2. The molecule has 15 rings (SSSR count). The zero-order valence-corrected chi connectivity index (χ0v) is 77.8. The van der Waals surface area contributed by atoms with Gasteiger partial charge in [0.05, 0.1) is 12.2 Å². The van der Waals surface area contributed by atoms with Crippen LogP contribution in [0, 0.1) is 37.9 Å². The first-order chi connectivity index (χ1) is 52.2. The van der Waals surface area contributed by atoms with Crippen molar-refractivity contribution >= 4 is 33.1 Å². The Balaban J connectivity index is 0.000000623. The highest BCUT2D eigenvalue weighted by atomic mass is 32.2. The first-order valence-corrected chi connectivity index (χ1v) is 44.3. The summed E-state index contributed by atoms with van der Waals surface area (Å²) in [5, 5.41) is 12.3. The van der Waals surface area contributed by atoms with E-state index in [1.807, 2.05) is 72.8 Å². The van der Waals surface area contributed by atoms with Gasteiger partial charge >= 0.3 is 0 Å². The van der Waals surface area contributed by atoms with E-state index in [-0.39, 0.29) is 19.2 Å². The van der Waals surface area contributed by atoms with Crippen molar-refractivity contribution in [1.29, 1.82) is 0 Å². The van der Waals surface area contributed by atoms with Gasteiger partial charge in [-0.05, 0) is 206 Å². The van der Waals surface area contributed by atoms with Gasteiger partial charge in [-0.3, -0.25) is 13.8 Å². The largest absolute Gasteiger partial charge is 0.492 e. The Morgan fingerprint density at radius 2 is 0.693 bits per heavy atom. The summed E-state index contributed by atoms with van der Waals surface area (Å²) in [5.41, 5.74) is 21.9. The van der Waals surface area contributed by atoms with E-state index in [2.05, 4.69) is 323 Å². The predicted octanol–water partition coefficient (Wildman–Crippen LogP) is 26.9. The average Bonchev–Trinajstić information content (AvgIpc) is 1.60. The maximum atomic E-state index is 11.5. The van der Waals surface area contributed by atoms with Gasteiger partial charge in [0.15, 0.2) is 0 Å². The van der Waals surface area contributed by atoms with Crippen LogP contribution in [0.25, 0.3) is 0 Å². The van der Waals surface area contributed by atoms with Gasteiger partial charge in [0.25, 0.3) is 0 Å². The van der Waals surface area contributed by atoms with Crippen molar-refractivity contribution in [3.8, 4) is 5.75 Å². The second-order valence-electron chi connectivity index (χ2n) is 42.4. The van der Waals surface area contributed by atoms with Crippen LogP contribution in [0.15, 0.2) is 170 Å². The standard InChI is InChI=1S/C12H14.C10H13N.C10H12.C9H11NOS.C9H9NO.C9H11NO.C9H9NO.7C5H12.CH4/c1-2-6-11-10(4-1)5-3-7-12(11)8-9-12;1-2-5-10-8-11-7-3-6-9(10)4-1;1-2-6-10-8-4-3-7-9(10)5-1;1-12(11)7-9-5-3-2-4-8(9)6-10-12;11-9-5-7-3-1-2-4-8(7)6-10-9;1-2-4-9-8(3-1)7-10-5-6-11-9;11-9-6-5-7-3-1-2-4-8(7)10-9;7*1-5(2,3)4;/h1-2,4,6H,3,5,7-9H2;1-2,4-5,11H,3,6-8H2;1-2,5-6H,3-4,7-8H2;2-5H,1,6-7H2,(H,10,11);1-4H,5-6H2,(H,10,11);1-4,10H,5-7H2;1-4H,5-6H2,(H,10,11);7*1-4H3;1H4. The third kappa shape index (κ3) is 58.1. The number of para-hydroxylation sites is 2. The van der Waals surface area contributed by atoms with Gasteiger partial charge in [0.1, 0.15) is 12.4 Å². The zero-order chi connectivity index (χ0) is 85.3. The highest BCUT2D eigenvalue weighted by Gasteiger charge is 2.46. The summed E-state index contributed by atoms with van der Waals surface area (Å²) in [6, 6.07) is 58.7. The van der Waals surface area contributed by atoms with Crippen LogP contribution in [0.1, 0.15) is 319 Å². The molecule has 10 heteroatoms. The lowest BCUT2D eigenvalue weighted by Gasteiger charge is -2.24. The van der Waals surface area contributed by atoms with Crippen LogP contribution in [0.5, 0.6) is 5.75 Å². The molecule has 114 heavy (non-hydrogen) atoms. The fraction of sp³-hybridized carbons (Fsp3) is 0.567. The fourth-order valence-electron chi connectivity index (χ4n) is 11.2. The van der Waals surface area contributed by atoms with E-state index >= 15 is 0 Å². The Kier molecular flexibility index (Phi) is 47.4. The third-order valence-electron chi connectivity index (χ3n) is 15.8. The molecule has 8 aliphatic rings. The van der Waals surface area contributed by atoms with Crippen LogP contribution in [-0.2, 0) is 95.2 Å². The molecule has 5 heterocycles. The van der Waals surface area contributed by atoms with E-state index in [9.17, 15) is 13.8 Å². The lowest BCUT2D eigenvalue weighted by Crippen LogP contribution is -2.29. The van der Waals surface area contributed by atoms with Crippen LogP contribution in [0.3, 0.4) is 0 Å². The smallest absolute Gasteiger partial charge is 0.224 e. The second kappa shape index (κ2) is 51.4. The molecule has 3 aliphatic carbocycles. The summed E-state index contributed by atoms with van der Waals surface area (Å²) in [6.45, 7) is 67.5. The van der Waals surface area contributed by atoms with Crippen molar-refractivity contribution in [2.45, 2.75) is 329 Å². The van der Waals surface area contributed by atoms with Gasteiger partial charge < -0.3 is 26.0 Å². The normalized spacial score (nSPS) is 16.8. The number of carbonyl (C=O) groups excluding carboxylic acids is 2. The maximum Gasteiger partial charge on any atom is 0.224 e. The van der Waals surface area contributed by atoms with Crippen LogP contribution in [-0.4, -0.2) is 41.6 Å². The Morgan fingerprint density at radius 3 is 1.18 bits per heavy atom. The summed E-state index contributed by atoms with van der Waals surface area (Å²) in [5.74, 6) is 5.49. The molecule has 1 atom stereocenters. The molecule has 5 aliphatic heterocycles. The number of anilines is 1. The van der Waals surface area contributed by atoms with Gasteiger partial charge in [-0.25, -0.2) is 4.72 Å². The second-order valence-corrected chi connectivity index (χ2v) is 44.6. The minimum absolute atomic E-state index is 0. The van der Waals surface area contributed by atoms with Gasteiger partial charge in [-0.1, -0.05) is 359 Å². The summed E-state index contributed by atoms with van der Waals surface area (Å²) in [7, 11) is -2.05. The Labute approximate surface area is 701 Å². The van der Waals surface area contributed by atoms with E-state index in [0.29, 0.717) is 75.0 Å². The van der Waals surface area contributed by atoms with Gasteiger partial charge in [-0.2, -0.15) is 0 Å². The number of nitrogens with one attached hydrogen (secondary N) is 5. The highest BCUT2D eigenvalue weighted by molar-refractivity contribution is 7.97. The van der Waals surface area contributed by atoms with Crippen molar-refractivity contribution < 1.29 is 18.5 Å². The van der Waals surface area contributed by atoms with Crippen LogP contribution >= 0.6 is 0 Å². The van der Waals surface area contributed by atoms with Crippen LogP contribution in [0.4, 0.5) is 5.69 Å². The molecule has 0 aromatic heterocycles. The number of aryl methyl sites for hydroxylation is 5. The van der Waals surface area contributed by atoms with Crippen molar-refractivity contribution in [2.24, 2.45) is 37.9 Å². The number of carbonyl (C=O) groups is 2. The molecule has 0 radical (unpaired) electrons. The number of rotatable bonds is 0. The molecule has 5 N–H and O–H groups in total. The highest BCUT2D eigenvalue weighted by Crippen LogP contribution is 2.55. The molecule has 638 valence electrons. The Hall–Kier alpha value is -6.82. The predicted molar refractivity (Wildman–Crippen MR) is 504 cm³/mol. The maximum absolute atomic E-state index is 11.5. The van der Waals surface area contributed by atoms with Gasteiger partial charge in [0.2, 0.25) is 11.8 Å². The molecule has 1 saturated carbocycles. The monoisotopic (exact) mass is 1580 g/mol. The van der Waals surface area contributed by atoms with E-state index in [0.717, 1.165) is 61.8 Å². The van der Waals surface area contributed by atoms with Crippen molar-refractivity contribution in [2.75, 3.05) is 25.0 Å². The van der Waals surface area contributed by atoms with Gasteiger partial charge in [0, 0.05) is 60.1 Å². The van der Waals surface area contributed by atoms with Crippen LogP contribution < -0.4 is 30.7 Å². The minimum Gasteiger partial charge on any atom is -0.492 e. The zero-order valence-electron chi connectivity index (χ0n) is 77.0. The fourth-order valence-corrected chi connectivity index (χ4v) is 12.5. The van der Waals surface area contributed by atoms with E-state index in [1.54, 1.807) is 22.3 Å². The number of amides is 2. The summed E-state index contributed by atoms with van der Waals surface area (Å²) < 4.78 is 20.0. The van der Waals surface area contributed by atoms with E-state index < -0.39 is 9.71 Å². The molecular formula is C104H167N5O4S. The lowest BCUT2D eigenvalue weighted by atomic mass is 9.80. The lowest BCUT2D eigenvalue weighted by molar-refractivity contribution is -0.121. The number of hydrogen-bond donors (Lipinski definition) is 5. The number of fused-ring (bicyclic) bond motifs is 8. The molecule has 9 nitrogen and oxygen atoms in total. The molecule has 7 aromatic rings. The third-order valence-corrected chi connectivity index (χ3v) is 17.2. The van der Waals surface area contributed by atoms with Gasteiger partial charge in [-0.15, -0.1) is 0 Å². The topological polar surface area (TPSA) is 121 Å². The summed E-state index contributed by atoms with van der Waals surface area (Å²) in [4.78, 5) is 21.8. The quantitative estimate of drug-likeness (QED) is 0.0965. The molecular weight excluding hydrogens is 1420 g/mol. The molecule has 1 spiro atoms. The summed E-state index contributed by atoms with van der Waals surface area (Å²) >= 11 is 0. The molecule has 7 aromatic carbocycles. The number of hydrogen-bond acceptors (Lipinski definition) is 6. The van der Waals surface area contributed by atoms with E-state index in [1.165, 1.54) is 104 Å². The molecule has 2 amide bonds. The molecule has 1 unspecified atom stereocenters. The first-order valence-electron chi connectivity index (χ1n) is 42.4. The minimum atomic E-state index is -2.05. The average molecular weight is 1580 g/mol. The van der Waals surface area contributed by atoms with Crippen molar-refractivity contribution in [1.82, 2.24) is 20.7 Å².